The van der Waals surface area contributed by atoms with Crippen LogP contribution in [0.2, 0.25) is 0 Å². The van der Waals surface area contributed by atoms with Crippen molar-refractivity contribution in [3.05, 3.63) is 11.7 Å². The molecule has 0 saturated heterocycles. The minimum atomic E-state index is 0.224. The first-order valence-corrected chi connectivity index (χ1v) is 3.90. The van der Waals surface area contributed by atoms with Crippen molar-refractivity contribution in [3.8, 4) is 6.07 Å². The first-order valence-electron chi connectivity index (χ1n) is 3.90. The van der Waals surface area contributed by atoms with Crippen LogP contribution in [0.15, 0.2) is 4.52 Å². The van der Waals surface area contributed by atoms with E-state index in [1.54, 1.807) is 0 Å². The normalized spacial score (nSPS) is 10.2. The molecule has 0 radical (unpaired) electrons. The molecule has 4 nitrogen and oxygen atoms in total. The van der Waals surface area contributed by atoms with Gasteiger partial charge in [0.1, 0.15) is 0 Å². The van der Waals surface area contributed by atoms with E-state index in [2.05, 4.69) is 24.0 Å². The van der Waals surface area contributed by atoms with E-state index in [-0.39, 0.29) is 6.42 Å². The van der Waals surface area contributed by atoms with Crippen molar-refractivity contribution in [1.29, 1.82) is 5.26 Å². The predicted octanol–water partition coefficient (Wildman–Crippen LogP) is 1.33. The van der Waals surface area contributed by atoms with Gasteiger partial charge in [0.25, 0.3) is 0 Å². The zero-order valence-electron chi connectivity index (χ0n) is 7.24. The Hall–Kier alpha value is -1.37. The molecule has 0 fully saturated rings. The average molecular weight is 165 g/mol. The van der Waals surface area contributed by atoms with E-state index in [1.165, 1.54) is 0 Å². The second-order valence-electron chi connectivity index (χ2n) is 3.04. The molecule has 1 rings (SSSR count). The summed E-state index contributed by atoms with van der Waals surface area (Å²) in [5, 5.41) is 12.0. The minimum Gasteiger partial charge on any atom is -0.339 e. The van der Waals surface area contributed by atoms with Crippen molar-refractivity contribution in [1.82, 2.24) is 10.1 Å². The molecule has 0 bridgehead atoms. The summed E-state index contributed by atoms with van der Waals surface area (Å²) in [6.07, 6.45) is 1.00. The van der Waals surface area contributed by atoms with Crippen LogP contribution in [0.25, 0.3) is 0 Å². The van der Waals surface area contributed by atoms with Gasteiger partial charge >= 0.3 is 0 Å². The summed E-state index contributed by atoms with van der Waals surface area (Å²) in [5.41, 5.74) is 0. The van der Waals surface area contributed by atoms with Crippen LogP contribution >= 0.6 is 0 Å². The van der Waals surface area contributed by atoms with Gasteiger partial charge in [0.2, 0.25) is 5.89 Å². The van der Waals surface area contributed by atoms with Crippen LogP contribution in [-0.2, 0) is 12.8 Å². The highest BCUT2D eigenvalue weighted by molar-refractivity contribution is 4.94. The third kappa shape index (κ3) is 2.35. The highest BCUT2D eigenvalue weighted by Gasteiger charge is 2.06. The molecule has 64 valence electrons. The van der Waals surface area contributed by atoms with Gasteiger partial charge in [0.15, 0.2) is 5.82 Å². The second kappa shape index (κ2) is 3.86. The fourth-order valence-corrected chi connectivity index (χ4v) is 0.865. The molecule has 0 aromatic carbocycles. The maximum absolute atomic E-state index is 8.34. The lowest BCUT2D eigenvalue weighted by Crippen LogP contribution is -1.94. The van der Waals surface area contributed by atoms with Crippen molar-refractivity contribution in [2.75, 3.05) is 0 Å². The molecule has 0 N–H and O–H groups in total. The predicted molar refractivity (Wildman–Crippen MR) is 42.2 cm³/mol. The van der Waals surface area contributed by atoms with Gasteiger partial charge in [-0.1, -0.05) is 19.0 Å². The van der Waals surface area contributed by atoms with Crippen LogP contribution in [0.4, 0.5) is 0 Å². The summed E-state index contributed by atoms with van der Waals surface area (Å²) < 4.78 is 4.92. The lowest BCUT2D eigenvalue weighted by Gasteiger charge is -1.95. The monoisotopic (exact) mass is 165 g/mol. The molecule has 1 heterocycles. The van der Waals surface area contributed by atoms with E-state index in [0.717, 1.165) is 6.42 Å². The number of hydrogen-bond acceptors (Lipinski definition) is 4. The summed E-state index contributed by atoms with van der Waals surface area (Å²) in [4.78, 5) is 4.04. The molecular weight excluding hydrogens is 154 g/mol. The van der Waals surface area contributed by atoms with Gasteiger partial charge in [-0.15, -0.1) is 0 Å². The van der Waals surface area contributed by atoms with E-state index in [0.29, 0.717) is 17.6 Å². The van der Waals surface area contributed by atoms with Crippen molar-refractivity contribution in [3.63, 3.8) is 0 Å². The molecule has 0 unspecified atom stereocenters. The Morgan fingerprint density at radius 1 is 1.58 bits per heavy atom. The summed E-state index contributed by atoms with van der Waals surface area (Å²) in [7, 11) is 0. The Morgan fingerprint density at radius 3 is 2.92 bits per heavy atom. The van der Waals surface area contributed by atoms with Gasteiger partial charge in [0, 0.05) is 6.42 Å². The lowest BCUT2D eigenvalue weighted by atomic mass is 10.1. The van der Waals surface area contributed by atoms with E-state index >= 15 is 0 Å². The number of nitriles is 1. The SMILES string of the molecule is CC(C)Cc1nc(CC#N)no1. The van der Waals surface area contributed by atoms with Gasteiger partial charge in [-0.25, -0.2) is 0 Å². The number of aromatic nitrogens is 2. The molecule has 0 aliphatic heterocycles. The largest absolute Gasteiger partial charge is 0.339 e. The van der Waals surface area contributed by atoms with Crippen molar-refractivity contribution >= 4 is 0 Å². The third-order valence-electron chi connectivity index (χ3n) is 1.33. The first-order chi connectivity index (χ1) is 5.72. The quantitative estimate of drug-likeness (QED) is 0.677. The maximum atomic E-state index is 8.34. The van der Waals surface area contributed by atoms with Crippen molar-refractivity contribution in [2.45, 2.75) is 26.7 Å². The van der Waals surface area contributed by atoms with Crippen LogP contribution in [-0.4, -0.2) is 10.1 Å². The summed E-state index contributed by atoms with van der Waals surface area (Å²) in [6.45, 7) is 4.16. The van der Waals surface area contributed by atoms with E-state index in [9.17, 15) is 0 Å². The molecule has 0 aliphatic carbocycles. The maximum Gasteiger partial charge on any atom is 0.226 e. The molecule has 1 aromatic heterocycles. The van der Waals surface area contributed by atoms with Gasteiger partial charge in [0.05, 0.1) is 12.5 Å². The zero-order valence-corrected chi connectivity index (χ0v) is 7.24. The topological polar surface area (TPSA) is 62.7 Å². The molecule has 0 spiro atoms. The molecular formula is C8H11N3O. The molecule has 0 saturated carbocycles. The zero-order chi connectivity index (χ0) is 8.97. The summed E-state index contributed by atoms with van der Waals surface area (Å²) >= 11 is 0. The third-order valence-corrected chi connectivity index (χ3v) is 1.33. The Labute approximate surface area is 71.2 Å². The van der Waals surface area contributed by atoms with Crippen LogP contribution in [0.5, 0.6) is 0 Å². The van der Waals surface area contributed by atoms with Crippen LogP contribution in [0, 0.1) is 17.2 Å². The fourth-order valence-electron chi connectivity index (χ4n) is 0.865. The molecule has 1 aromatic rings. The molecule has 4 heteroatoms. The first kappa shape index (κ1) is 8.72. The summed E-state index contributed by atoms with van der Waals surface area (Å²) in [6, 6.07) is 1.97. The minimum absolute atomic E-state index is 0.224. The highest BCUT2D eigenvalue weighted by atomic mass is 16.5. The smallest absolute Gasteiger partial charge is 0.226 e. The average Bonchev–Trinajstić information content (AvgIpc) is 2.36. The molecule has 0 amide bonds. The summed E-state index contributed by atoms with van der Waals surface area (Å²) in [5.74, 6) is 1.60. The van der Waals surface area contributed by atoms with Gasteiger partial charge in [-0.05, 0) is 5.92 Å². The van der Waals surface area contributed by atoms with Crippen LogP contribution in [0.3, 0.4) is 0 Å². The van der Waals surface area contributed by atoms with Gasteiger partial charge < -0.3 is 4.52 Å². The molecule has 0 aliphatic rings. The number of nitrogens with zero attached hydrogens (tertiary/aromatic N) is 3. The lowest BCUT2D eigenvalue weighted by molar-refractivity contribution is 0.359. The van der Waals surface area contributed by atoms with E-state index in [4.69, 9.17) is 9.78 Å². The molecule has 0 atom stereocenters. The Morgan fingerprint density at radius 2 is 2.33 bits per heavy atom. The van der Waals surface area contributed by atoms with Gasteiger partial charge in [-0.2, -0.15) is 10.2 Å². The van der Waals surface area contributed by atoms with Gasteiger partial charge in [-0.3, -0.25) is 0 Å². The number of rotatable bonds is 3. The van der Waals surface area contributed by atoms with Crippen LogP contribution in [0.1, 0.15) is 25.6 Å². The Balaban J connectivity index is 2.59. The second-order valence-corrected chi connectivity index (χ2v) is 3.04. The standard InChI is InChI=1S/C8H11N3O/c1-6(2)5-8-10-7(3-4-9)11-12-8/h6H,3,5H2,1-2H3. The van der Waals surface area contributed by atoms with Crippen molar-refractivity contribution in [2.24, 2.45) is 5.92 Å². The highest BCUT2D eigenvalue weighted by Crippen LogP contribution is 2.05. The Bertz CT molecular complexity index is 285. The fraction of sp³-hybridized carbons (Fsp3) is 0.625. The van der Waals surface area contributed by atoms with E-state index < -0.39 is 0 Å². The molecule has 12 heavy (non-hydrogen) atoms. The number of hydrogen-bond donors (Lipinski definition) is 0. The van der Waals surface area contributed by atoms with E-state index in [1.807, 2.05) is 6.07 Å². The Kier molecular flexibility index (Phi) is 2.81. The van der Waals surface area contributed by atoms with Crippen LogP contribution < -0.4 is 0 Å². The van der Waals surface area contributed by atoms with Crippen molar-refractivity contribution < 1.29 is 4.52 Å².